The number of hydrogen-bond donors (Lipinski definition) is 1. The molecular weight excluding hydrogens is 280 g/mol. The summed E-state index contributed by atoms with van der Waals surface area (Å²) in [7, 11) is 0. The molecule has 0 aliphatic carbocycles. The van der Waals surface area contributed by atoms with Crippen LogP contribution in [0.4, 0.5) is 0 Å². The third-order valence-electron chi connectivity index (χ3n) is 3.74. The van der Waals surface area contributed by atoms with Crippen molar-refractivity contribution in [2.24, 2.45) is 0 Å². The Kier molecular flexibility index (Phi) is 3.62. The van der Waals surface area contributed by atoms with E-state index in [1.54, 1.807) is 13.8 Å². The van der Waals surface area contributed by atoms with Crippen LogP contribution < -0.4 is 0 Å². The molecule has 0 radical (unpaired) electrons. The van der Waals surface area contributed by atoms with Crippen LogP contribution >= 0.6 is 0 Å². The molecule has 1 aliphatic rings. The standard InChI is InChI=1S/C18H18O4/c1-18(2)21-11-15(17(20)22-18)16(19)10-13-8-5-7-12-6-3-4-9-14(12)13/h3-9,19H,10-11H2,1-2H3/b16-15+. The summed E-state index contributed by atoms with van der Waals surface area (Å²) in [5, 5.41) is 12.5. The number of cyclic esters (lactones) is 1. The largest absolute Gasteiger partial charge is 0.511 e. The number of allylic oxidation sites excluding steroid dienone is 1. The number of aliphatic hydroxyl groups excluding tert-OH is 1. The first-order valence-electron chi connectivity index (χ1n) is 7.21. The van der Waals surface area contributed by atoms with Crippen LogP contribution in [0.5, 0.6) is 0 Å². The van der Waals surface area contributed by atoms with Crippen LogP contribution in [0.1, 0.15) is 19.4 Å². The zero-order valence-corrected chi connectivity index (χ0v) is 12.6. The second-order valence-electron chi connectivity index (χ2n) is 5.82. The molecule has 1 aliphatic heterocycles. The Labute approximate surface area is 129 Å². The van der Waals surface area contributed by atoms with E-state index in [1.165, 1.54) is 0 Å². The number of rotatable bonds is 2. The van der Waals surface area contributed by atoms with Crippen LogP contribution in [0.15, 0.2) is 53.8 Å². The Hall–Kier alpha value is -2.33. The van der Waals surface area contributed by atoms with Crippen molar-refractivity contribution in [3.05, 3.63) is 59.4 Å². The predicted octanol–water partition coefficient (Wildman–Crippen LogP) is 3.50. The van der Waals surface area contributed by atoms with E-state index < -0.39 is 11.8 Å². The molecule has 114 valence electrons. The fraction of sp³-hybridized carbons (Fsp3) is 0.278. The quantitative estimate of drug-likeness (QED) is 0.524. The summed E-state index contributed by atoms with van der Waals surface area (Å²) in [6.07, 6.45) is 0.273. The highest BCUT2D eigenvalue weighted by atomic mass is 16.7. The number of carbonyl (C=O) groups is 1. The molecule has 0 amide bonds. The Bertz CT molecular complexity index is 753. The summed E-state index contributed by atoms with van der Waals surface area (Å²) >= 11 is 0. The highest BCUT2D eigenvalue weighted by molar-refractivity contribution is 5.90. The smallest absolute Gasteiger partial charge is 0.342 e. The molecule has 2 aromatic carbocycles. The van der Waals surface area contributed by atoms with Crippen LogP contribution in [0.2, 0.25) is 0 Å². The van der Waals surface area contributed by atoms with Crippen LogP contribution in [0, 0.1) is 0 Å². The van der Waals surface area contributed by atoms with Gasteiger partial charge in [-0.2, -0.15) is 0 Å². The van der Waals surface area contributed by atoms with Crippen molar-refractivity contribution in [3.8, 4) is 0 Å². The van der Waals surface area contributed by atoms with Gasteiger partial charge in [0.15, 0.2) is 0 Å². The minimum Gasteiger partial charge on any atom is -0.511 e. The number of aliphatic hydroxyl groups is 1. The summed E-state index contributed by atoms with van der Waals surface area (Å²) in [6, 6.07) is 13.8. The Morgan fingerprint density at radius 3 is 2.68 bits per heavy atom. The maximum absolute atomic E-state index is 12.0. The molecule has 4 heteroatoms. The molecule has 4 nitrogen and oxygen atoms in total. The molecule has 0 bridgehead atoms. The van der Waals surface area contributed by atoms with Gasteiger partial charge in [-0.1, -0.05) is 42.5 Å². The topological polar surface area (TPSA) is 55.8 Å². The third kappa shape index (κ3) is 2.83. The monoisotopic (exact) mass is 298 g/mol. The van der Waals surface area contributed by atoms with Crippen molar-refractivity contribution >= 4 is 16.7 Å². The molecule has 1 saturated heterocycles. The lowest BCUT2D eigenvalue weighted by molar-refractivity contribution is -0.224. The molecule has 1 N–H and O–H groups in total. The van der Waals surface area contributed by atoms with E-state index in [-0.39, 0.29) is 24.4 Å². The molecule has 1 fully saturated rings. The lowest BCUT2D eigenvalue weighted by Gasteiger charge is -2.31. The average molecular weight is 298 g/mol. The first-order chi connectivity index (χ1) is 10.5. The SMILES string of the molecule is CC1(C)OC/C(=C(\O)Cc2cccc3ccccc23)C(=O)O1. The fourth-order valence-electron chi connectivity index (χ4n) is 2.55. The second-order valence-corrected chi connectivity index (χ2v) is 5.82. The normalized spacial score (nSPS) is 19.8. The van der Waals surface area contributed by atoms with E-state index in [9.17, 15) is 9.90 Å². The molecule has 3 rings (SSSR count). The number of ether oxygens (including phenoxy) is 2. The zero-order valence-electron chi connectivity index (χ0n) is 12.6. The number of fused-ring (bicyclic) bond motifs is 1. The molecule has 2 aromatic rings. The Balaban J connectivity index is 1.92. The minimum atomic E-state index is -0.944. The number of esters is 1. The van der Waals surface area contributed by atoms with E-state index in [1.807, 2.05) is 42.5 Å². The Morgan fingerprint density at radius 2 is 1.91 bits per heavy atom. The van der Waals surface area contributed by atoms with Gasteiger partial charge in [-0.05, 0) is 16.3 Å². The maximum Gasteiger partial charge on any atom is 0.342 e. The number of benzene rings is 2. The van der Waals surface area contributed by atoms with E-state index >= 15 is 0 Å². The molecule has 0 saturated carbocycles. The van der Waals surface area contributed by atoms with Gasteiger partial charge in [0.05, 0.1) is 6.61 Å². The van der Waals surface area contributed by atoms with Gasteiger partial charge in [0.2, 0.25) is 5.79 Å². The molecule has 1 heterocycles. The lowest BCUT2D eigenvalue weighted by atomic mass is 10.00. The maximum atomic E-state index is 12.0. The molecule has 0 spiro atoms. The van der Waals surface area contributed by atoms with Crippen molar-refractivity contribution in [1.29, 1.82) is 0 Å². The zero-order chi connectivity index (χ0) is 15.7. The molecule has 0 aromatic heterocycles. The summed E-state index contributed by atoms with van der Waals surface area (Å²) in [5.41, 5.74) is 1.15. The van der Waals surface area contributed by atoms with E-state index in [2.05, 4.69) is 0 Å². The molecular formula is C18H18O4. The van der Waals surface area contributed by atoms with Gasteiger partial charge in [0, 0.05) is 20.3 Å². The molecule has 0 atom stereocenters. The summed E-state index contributed by atoms with van der Waals surface area (Å²) in [4.78, 5) is 12.0. The van der Waals surface area contributed by atoms with Gasteiger partial charge in [-0.15, -0.1) is 0 Å². The van der Waals surface area contributed by atoms with Gasteiger partial charge in [-0.3, -0.25) is 0 Å². The average Bonchev–Trinajstić information content (AvgIpc) is 2.46. The van der Waals surface area contributed by atoms with Gasteiger partial charge in [0.1, 0.15) is 11.3 Å². The highest BCUT2D eigenvalue weighted by Gasteiger charge is 2.33. The first-order valence-corrected chi connectivity index (χ1v) is 7.21. The fourth-order valence-corrected chi connectivity index (χ4v) is 2.55. The third-order valence-corrected chi connectivity index (χ3v) is 3.74. The molecule has 22 heavy (non-hydrogen) atoms. The van der Waals surface area contributed by atoms with Gasteiger partial charge < -0.3 is 14.6 Å². The first kappa shape index (κ1) is 14.6. The van der Waals surface area contributed by atoms with Crippen LogP contribution in [0.25, 0.3) is 10.8 Å². The predicted molar refractivity (Wildman–Crippen MR) is 83.4 cm³/mol. The molecule has 0 unspecified atom stereocenters. The summed E-state index contributed by atoms with van der Waals surface area (Å²) < 4.78 is 10.6. The Morgan fingerprint density at radius 1 is 1.18 bits per heavy atom. The summed E-state index contributed by atoms with van der Waals surface area (Å²) in [6.45, 7) is 3.40. The van der Waals surface area contributed by atoms with Gasteiger partial charge in [-0.25, -0.2) is 4.79 Å². The van der Waals surface area contributed by atoms with Crippen molar-refractivity contribution in [2.75, 3.05) is 6.61 Å². The van der Waals surface area contributed by atoms with Crippen LogP contribution in [-0.4, -0.2) is 23.5 Å². The van der Waals surface area contributed by atoms with Crippen LogP contribution in [0.3, 0.4) is 0 Å². The van der Waals surface area contributed by atoms with Crippen molar-refractivity contribution in [1.82, 2.24) is 0 Å². The summed E-state index contributed by atoms with van der Waals surface area (Å²) in [5.74, 6) is -1.47. The number of hydrogen-bond acceptors (Lipinski definition) is 4. The van der Waals surface area contributed by atoms with Crippen molar-refractivity contribution in [2.45, 2.75) is 26.1 Å². The van der Waals surface area contributed by atoms with E-state index in [4.69, 9.17) is 9.47 Å². The van der Waals surface area contributed by atoms with Crippen molar-refractivity contribution in [3.63, 3.8) is 0 Å². The van der Waals surface area contributed by atoms with E-state index in [0.29, 0.717) is 0 Å². The highest BCUT2D eigenvalue weighted by Crippen LogP contribution is 2.26. The van der Waals surface area contributed by atoms with Crippen molar-refractivity contribution < 1.29 is 19.4 Å². The van der Waals surface area contributed by atoms with Gasteiger partial charge in [0.25, 0.3) is 0 Å². The minimum absolute atomic E-state index is 0.00291. The number of carbonyl (C=O) groups excluding carboxylic acids is 1. The lowest BCUT2D eigenvalue weighted by Crippen LogP contribution is -2.39. The second kappa shape index (κ2) is 5.46. The van der Waals surface area contributed by atoms with Crippen LogP contribution in [-0.2, 0) is 20.7 Å². The van der Waals surface area contributed by atoms with E-state index in [0.717, 1.165) is 16.3 Å². The van der Waals surface area contributed by atoms with Gasteiger partial charge >= 0.3 is 5.97 Å².